The Kier molecular flexibility index (Phi) is 3.45. The van der Waals surface area contributed by atoms with E-state index in [0.29, 0.717) is 17.9 Å². The van der Waals surface area contributed by atoms with Gasteiger partial charge in [0.05, 0.1) is 11.7 Å². The lowest BCUT2D eigenvalue weighted by molar-refractivity contribution is 0.0710. The van der Waals surface area contributed by atoms with Gasteiger partial charge in [-0.2, -0.15) is 0 Å². The maximum absolute atomic E-state index is 12.9. The van der Waals surface area contributed by atoms with Gasteiger partial charge in [-0.05, 0) is 31.9 Å². The van der Waals surface area contributed by atoms with Crippen LogP contribution in [0, 0.1) is 6.92 Å². The normalized spacial score (nSPS) is 17.5. The minimum Gasteiger partial charge on any atom is -0.422 e. The highest BCUT2D eigenvalue weighted by atomic mass is 16.5. The summed E-state index contributed by atoms with van der Waals surface area (Å²) in [5.74, 6) is 0.328. The number of aromatic nitrogens is 1. The summed E-state index contributed by atoms with van der Waals surface area (Å²) in [6.45, 7) is 2.42. The molecule has 4 rings (SSSR count). The summed E-state index contributed by atoms with van der Waals surface area (Å²) in [6.07, 6.45) is 1.65. The molecule has 0 bridgehead atoms. The van der Waals surface area contributed by atoms with Crippen LogP contribution in [0.4, 0.5) is 0 Å². The van der Waals surface area contributed by atoms with Crippen molar-refractivity contribution >= 4 is 16.9 Å². The van der Waals surface area contributed by atoms with Gasteiger partial charge in [-0.3, -0.25) is 4.79 Å². The number of hydrogen-bond donors (Lipinski definition) is 0. The fourth-order valence-electron chi connectivity index (χ4n) is 3.21. The van der Waals surface area contributed by atoms with Gasteiger partial charge in [0, 0.05) is 18.0 Å². The molecule has 0 N–H and O–H groups in total. The summed E-state index contributed by atoms with van der Waals surface area (Å²) >= 11 is 0. The molecule has 24 heavy (non-hydrogen) atoms. The third-order valence-electron chi connectivity index (χ3n) is 4.36. The monoisotopic (exact) mass is 324 g/mol. The Morgan fingerprint density at radius 2 is 2.12 bits per heavy atom. The first kappa shape index (κ1) is 14.7. The Balaban J connectivity index is 1.72. The minimum absolute atomic E-state index is 0.0526. The zero-order valence-corrected chi connectivity index (χ0v) is 13.2. The van der Waals surface area contributed by atoms with E-state index < -0.39 is 5.63 Å². The van der Waals surface area contributed by atoms with Gasteiger partial charge in [0.25, 0.3) is 5.91 Å². The second-order valence-corrected chi connectivity index (χ2v) is 6.01. The minimum atomic E-state index is -0.613. The molecule has 3 heterocycles. The number of rotatable bonds is 2. The quantitative estimate of drug-likeness (QED) is 0.677. The van der Waals surface area contributed by atoms with E-state index in [2.05, 4.69) is 5.16 Å². The fourth-order valence-corrected chi connectivity index (χ4v) is 3.21. The molecule has 1 amide bonds. The predicted molar refractivity (Wildman–Crippen MR) is 86.7 cm³/mol. The third kappa shape index (κ3) is 2.40. The van der Waals surface area contributed by atoms with Crippen LogP contribution in [0.2, 0.25) is 0 Å². The van der Waals surface area contributed by atoms with Crippen molar-refractivity contribution in [1.29, 1.82) is 0 Å². The molecule has 1 aromatic carbocycles. The molecular formula is C18H16N2O4. The Morgan fingerprint density at radius 1 is 1.29 bits per heavy atom. The average Bonchev–Trinajstić information content (AvgIpc) is 3.22. The summed E-state index contributed by atoms with van der Waals surface area (Å²) in [7, 11) is 0. The van der Waals surface area contributed by atoms with Crippen molar-refractivity contribution in [1.82, 2.24) is 10.1 Å². The molecule has 6 nitrogen and oxygen atoms in total. The average molecular weight is 324 g/mol. The fraction of sp³-hybridized carbons (Fsp3) is 0.278. The van der Waals surface area contributed by atoms with Gasteiger partial charge >= 0.3 is 5.63 Å². The summed E-state index contributed by atoms with van der Waals surface area (Å²) in [4.78, 5) is 26.8. The molecule has 1 aliphatic rings. The van der Waals surface area contributed by atoms with Crippen LogP contribution in [0.25, 0.3) is 11.0 Å². The molecule has 1 saturated heterocycles. The lowest BCUT2D eigenvalue weighted by atomic mass is 10.1. The largest absolute Gasteiger partial charge is 0.422 e. The van der Waals surface area contributed by atoms with E-state index in [0.717, 1.165) is 23.9 Å². The summed E-state index contributed by atoms with van der Waals surface area (Å²) in [5, 5.41) is 4.62. The van der Waals surface area contributed by atoms with Crippen LogP contribution in [0.15, 0.2) is 50.1 Å². The van der Waals surface area contributed by atoms with Gasteiger partial charge in [0.15, 0.2) is 5.76 Å². The SMILES string of the molecule is Cc1cc(C2CCCN2C(=O)c2cc3ccccc3oc2=O)on1. The Labute approximate surface area is 137 Å². The number of amides is 1. The molecule has 3 aromatic rings. The van der Waals surface area contributed by atoms with E-state index in [4.69, 9.17) is 8.94 Å². The summed E-state index contributed by atoms with van der Waals surface area (Å²) < 4.78 is 10.6. The third-order valence-corrected chi connectivity index (χ3v) is 4.36. The number of hydrogen-bond acceptors (Lipinski definition) is 5. The van der Waals surface area contributed by atoms with Crippen LogP contribution in [0.1, 0.15) is 40.7 Å². The highest BCUT2D eigenvalue weighted by Gasteiger charge is 2.34. The molecule has 0 saturated carbocycles. The molecule has 1 aliphatic heterocycles. The van der Waals surface area contributed by atoms with Crippen LogP contribution in [0.3, 0.4) is 0 Å². The maximum atomic E-state index is 12.9. The van der Waals surface area contributed by atoms with Gasteiger partial charge in [-0.15, -0.1) is 0 Å². The number of aryl methyl sites for hydroxylation is 1. The first-order chi connectivity index (χ1) is 11.6. The van der Waals surface area contributed by atoms with Crippen molar-refractivity contribution < 1.29 is 13.7 Å². The number of nitrogens with zero attached hydrogens (tertiary/aromatic N) is 2. The Morgan fingerprint density at radius 3 is 2.92 bits per heavy atom. The topological polar surface area (TPSA) is 76.6 Å². The van der Waals surface area contributed by atoms with Crippen molar-refractivity contribution in [3.8, 4) is 0 Å². The number of carbonyl (C=O) groups is 1. The molecule has 0 aliphatic carbocycles. The molecule has 1 fully saturated rings. The smallest absolute Gasteiger partial charge is 0.349 e. The molecule has 0 spiro atoms. The zero-order chi connectivity index (χ0) is 16.7. The predicted octanol–water partition coefficient (Wildman–Crippen LogP) is 3.07. The highest BCUT2D eigenvalue weighted by Crippen LogP contribution is 2.33. The van der Waals surface area contributed by atoms with E-state index in [-0.39, 0.29) is 17.5 Å². The van der Waals surface area contributed by atoms with Crippen molar-refractivity contribution in [3.63, 3.8) is 0 Å². The van der Waals surface area contributed by atoms with Gasteiger partial charge in [0.2, 0.25) is 0 Å². The van der Waals surface area contributed by atoms with Crippen LogP contribution in [-0.2, 0) is 0 Å². The number of fused-ring (bicyclic) bond motifs is 1. The van der Waals surface area contributed by atoms with Crippen molar-refractivity contribution in [2.75, 3.05) is 6.54 Å². The second kappa shape index (κ2) is 5.63. The van der Waals surface area contributed by atoms with Gasteiger partial charge < -0.3 is 13.8 Å². The first-order valence-electron chi connectivity index (χ1n) is 7.90. The van der Waals surface area contributed by atoms with E-state index >= 15 is 0 Å². The van der Waals surface area contributed by atoms with Crippen molar-refractivity contribution in [2.24, 2.45) is 0 Å². The highest BCUT2D eigenvalue weighted by molar-refractivity contribution is 5.97. The number of likely N-dealkylation sites (tertiary alicyclic amines) is 1. The molecule has 122 valence electrons. The number of para-hydroxylation sites is 1. The summed E-state index contributed by atoms with van der Waals surface area (Å²) in [6, 6.07) is 10.4. The van der Waals surface area contributed by atoms with Crippen molar-refractivity contribution in [3.05, 3.63) is 63.8 Å². The summed E-state index contributed by atoms with van der Waals surface area (Å²) in [5.41, 5.74) is 0.687. The first-order valence-corrected chi connectivity index (χ1v) is 7.90. The van der Waals surface area contributed by atoms with E-state index in [1.165, 1.54) is 0 Å². The second-order valence-electron chi connectivity index (χ2n) is 6.01. The zero-order valence-electron chi connectivity index (χ0n) is 13.2. The van der Waals surface area contributed by atoms with Crippen LogP contribution in [0.5, 0.6) is 0 Å². The maximum Gasteiger partial charge on any atom is 0.349 e. The van der Waals surface area contributed by atoms with Crippen LogP contribution in [-0.4, -0.2) is 22.5 Å². The standard InChI is InChI=1S/C18H16N2O4/c1-11-9-16(24-19-11)14-6-4-8-20(14)17(21)13-10-12-5-2-3-7-15(12)23-18(13)22/h2-3,5,7,9-10,14H,4,6,8H2,1H3. The van der Waals surface area contributed by atoms with Crippen LogP contribution < -0.4 is 5.63 Å². The molecule has 1 atom stereocenters. The van der Waals surface area contributed by atoms with Crippen molar-refractivity contribution in [2.45, 2.75) is 25.8 Å². The molecule has 0 radical (unpaired) electrons. The molecule has 2 aromatic heterocycles. The van der Waals surface area contributed by atoms with Gasteiger partial charge in [0.1, 0.15) is 11.1 Å². The van der Waals surface area contributed by atoms with Gasteiger partial charge in [-0.25, -0.2) is 4.79 Å². The van der Waals surface area contributed by atoms with E-state index in [1.807, 2.05) is 25.1 Å². The van der Waals surface area contributed by atoms with E-state index in [1.54, 1.807) is 23.1 Å². The van der Waals surface area contributed by atoms with Gasteiger partial charge in [-0.1, -0.05) is 23.4 Å². The Hall–Kier alpha value is -2.89. The Bertz CT molecular complexity index is 972. The molecule has 6 heteroatoms. The van der Waals surface area contributed by atoms with Crippen LogP contribution >= 0.6 is 0 Å². The number of carbonyl (C=O) groups excluding carboxylic acids is 1. The molecular weight excluding hydrogens is 308 g/mol. The number of benzene rings is 1. The molecule has 1 unspecified atom stereocenters. The lowest BCUT2D eigenvalue weighted by Crippen LogP contribution is -2.33. The lowest BCUT2D eigenvalue weighted by Gasteiger charge is -2.22. The van der Waals surface area contributed by atoms with E-state index in [9.17, 15) is 9.59 Å².